The molecule has 0 aromatic heterocycles. The zero-order chi connectivity index (χ0) is 15.8. The van der Waals surface area contributed by atoms with Gasteiger partial charge in [-0.15, -0.1) is 0 Å². The van der Waals surface area contributed by atoms with Gasteiger partial charge in [-0.1, -0.05) is 6.07 Å². The van der Waals surface area contributed by atoms with E-state index in [1.165, 1.54) is 12.1 Å². The maximum atomic E-state index is 13.5. The van der Waals surface area contributed by atoms with E-state index in [1.54, 1.807) is 6.07 Å². The Bertz CT molecular complexity index is 464. The molecule has 0 aliphatic heterocycles. The molecule has 0 bridgehead atoms. The molecule has 0 fully saturated rings. The molecule has 1 rings (SSSR count). The van der Waals surface area contributed by atoms with Gasteiger partial charge in [0.25, 0.3) is 0 Å². The lowest BCUT2D eigenvalue weighted by Gasteiger charge is -2.20. The Morgan fingerprint density at radius 1 is 1.38 bits per heavy atom. The molecule has 0 atom stereocenters. The summed E-state index contributed by atoms with van der Waals surface area (Å²) in [6.45, 7) is 6.84. The SMILES string of the molecule is CC(C)N(C)CCCCNCc1ccc(C(=O)O)c(F)c1. The van der Waals surface area contributed by atoms with Gasteiger partial charge in [-0.05, 0) is 64.5 Å². The fraction of sp³-hybridized carbons (Fsp3) is 0.562. The molecule has 2 N–H and O–H groups in total. The van der Waals surface area contributed by atoms with E-state index in [0.717, 1.165) is 31.5 Å². The Hall–Kier alpha value is -1.46. The highest BCUT2D eigenvalue weighted by Crippen LogP contribution is 2.10. The molecule has 1 aromatic carbocycles. The molecule has 0 saturated carbocycles. The van der Waals surface area contributed by atoms with E-state index in [1.807, 2.05) is 0 Å². The standard InChI is InChI=1S/C16H25FN2O2/c1-12(2)19(3)9-5-4-8-18-11-13-6-7-14(16(20)21)15(17)10-13/h6-7,10,12,18H,4-5,8-9,11H2,1-3H3,(H,20,21). The zero-order valence-corrected chi connectivity index (χ0v) is 13.0. The lowest BCUT2D eigenvalue weighted by atomic mass is 10.1. The van der Waals surface area contributed by atoms with Crippen LogP contribution in [-0.4, -0.2) is 42.2 Å². The number of hydrogen-bond acceptors (Lipinski definition) is 3. The topological polar surface area (TPSA) is 52.6 Å². The van der Waals surface area contributed by atoms with E-state index in [-0.39, 0.29) is 5.56 Å². The minimum absolute atomic E-state index is 0.282. The summed E-state index contributed by atoms with van der Waals surface area (Å²) in [4.78, 5) is 13.0. The van der Waals surface area contributed by atoms with E-state index in [4.69, 9.17) is 5.11 Å². The van der Waals surface area contributed by atoms with Crippen LogP contribution in [0, 0.1) is 5.82 Å². The molecule has 0 unspecified atom stereocenters. The van der Waals surface area contributed by atoms with Crippen molar-refractivity contribution in [1.29, 1.82) is 0 Å². The van der Waals surface area contributed by atoms with Gasteiger partial charge in [0.1, 0.15) is 5.82 Å². The number of carboxylic acid groups (broad SMARTS) is 1. The van der Waals surface area contributed by atoms with Crippen molar-refractivity contribution in [2.75, 3.05) is 20.1 Å². The molecule has 0 saturated heterocycles. The van der Waals surface area contributed by atoms with Gasteiger partial charge in [-0.2, -0.15) is 0 Å². The molecule has 4 nitrogen and oxygen atoms in total. The largest absolute Gasteiger partial charge is 0.478 e. The lowest BCUT2D eigenvalue weighted by molar-refractivity contribution is 0.0692. The van der Waals surface area contributed by atoms with Gasteiger partial charge in [0, 0.05) is 12.6 Å². The highest BCUT2D eigenvalue weighted by Gasteiger charge is 2.10. The number of halogens is 1. The van der Waals surface area contributed by atoms with E-state index >= 15 is 0 Å². The number of benzene rings is 1. The van der Waals surface area contributed by atoms with Crippen molar-refractivity contribution in [2.45, 2.75) is 39.3 Å². The number of carboxylic acids is 1. The molecule has 0 amide bonds. The Balaban J connectivity index is 2.24. The second kappa shape index (κ2) is 8.74. The van der Waals surface area contributed by atoms with Gasteiger partial charge in [0.2, 0.25) is 0 Å². The molecule has 118 valence electrons. The monoisotopic (exact) mass is 296 g/mol. The van der Waals surface area contributed by atoms with Crippen LogP contribution in [0.15, 0.2) is 18.2 Å². The minimum Gasteiger partial charge on any atom is -0.478 e. The quantitative estimate of drug-likeness (QED) is 0.688. The summed E-state index contributed by atoms with van der Waals surface area (Å²) in [6.07, 6.45) is 2.18. The van der Waals surface area contributed by atoms with Crippen LogP contribution in [-0.2, 0) is 6.54 Å². The van der Waals surface area contributed by atoms with Crippen molar-refractivity contribution >= 4 is 5.97 Å². The normalized spacial score (nSPS) is 11.3. The van der Waals surface area contributed by atoms with Crippen molar-refractivity contribution in [1.82, 2.24) is 10.2 Å². The van der Waals surface area contributed by atoms with Gasteiger partial charge in [0.15, 0.2) is 0 Å². The first kappa shape index (κ1) is 17.6. The summed E-state index contributed by atoms with van der Waals surface area (Å²) < 4.78 is 13.5. The summed E-state index contributed by atoms with van der Waals surface area (Å²) in [5, 5.41) is 12.0. The van der Waals surface area contributed by atoms with Crippen LogP contribution in [0.5, 0.6) is 0 Å². The maximum absolute atomic E-state index is 13.5. The highest BCUT2D eigenvalue weighted by atomic mass is 19.1. The Morgan fingerprint density at radius 2 is 2.10 bits per heavy atom. The average Bonchev–Trinajstić information content (AvgIpc) is 2.41. The molecule has 5 heteroatoms. The molecule has 0 spiro atoms. The third-order valence-corrected chi connectivity index (χ3v) is 3.59. The summed E-state index contributed by atoms with van der Waals surface area (Å²) >= 11 is 0. The average molecular weight is 296 g/mol. The Kier molecular flexibility index (Phi) is 7.32. The number of aromatic carboxylic acids is 1. The summed E-state index contributed by atoms with van der Waals surface area (Å²) in [5.74, 6) is -1.92. The second-order valence-corrected chi connectivity index (χ2v) is 5.58. The smallest absolute Gasteiger partial charge is 0.338 e. The number of unbranched alkanes of at least 4 members (excludes halogenated alkanes) is 1. The number of rotatable bonds is 9. The molecule has 1 aromatic rings. The second-order valence-electron chi connectivity index (χ2n) is 5.58. The van der Waals surface area contributed by atoms with Gasteiger partial charge < -0.3 is 15.3 Å². The molecular weight excluding hydrogens is 271 g/mol. The van der Waals surface area contributed by atoms with Crippen LogP contribution in [0.2, 0.25) is 0 Å². The molecular formula is C16H25FN2O2. The van der Waals surface area contributed by atoms with E-state index in [2.05, 4.69) is 31.1 Å². The van der Waals surface area contributed by atoms with Crippen LogP contribution in [0.1, 0.15) is 42.6 Å². The first-order valence-electron chi connectivity index (χ1n) is 7.34. The van der Waals surface area contributed by atoms with E-state index < -0.39 is 11.8 Å². The molecule has 0 aliphatic carbocycles. The summed E-state index contributed by atoms with van der Waals surface area (Å²) in [7, 11) is 2.12. The zero-order valence-electron chi connectivity index (χ0n) is 13.0. The maximum Gasteiger partial charge on any atom is 0.338 e. The third-order valence-electron chi connectivity index (χ3n) is 3.59. The van der Waals surface area contributed by atoms with Crippen LogP contribution < -0.4 is 5.32 Å². The number of nitrogens with zero attached hydrogens (tertiary/aromatic N) is 1. The Morgan fingerprint density at radius 3 is 2.67 bits per heavy atom. The highest BCUT2D eigenvalue weighted by molar-refractivity contribution is 5.87. The number of hydrogen-bond donors (Lipinski definition) is 2. The predicted molar refractivity (Wildman–Crippen MR) is 82.1 cm³/mol. The van der Waals surface area contributed by atoms with Crippen LogP contribution in [0.4, 0.5) is 4.39 Å². The van der Waals surface area contributed by atoms with Crippen molar-refractivity contribution in [3.8, 4) is 0 Å². The summed E-state index contributed by atoms with van der Waals surface area (Å²) in [5.41, 5.74) is 0.479. The lowest BCUT2D eigenvalue weighted by Crippen LogP contribution is -2.27. The summed E-state index contributed by atoms with van der Waals surface area (Å²) in [6, 6.07) is 4.80. The van der Waals surface area contributed by atoms with Crippen LogP contribution in [0.25, 0.3) is 0 Å². The predicted octanol–water partition coefficient (Wildman–Crippen LogP) is 2.73. The first-order chi connectivity index (χ1) is 9.91. The molecule has 0 radical (unpaired) electrons. The van der Waals surface area contributed by atoms with Crippen molar-refractivity contribution in [3.63, 3.8) is 0 Å². The van der Waals surface area contributed by atoms with Gasteiger partial charge in [-0.25, -0.2) is 9.18 Å². The Labute approximate surface area is 126 Å². The van der Waals surface area contributed by atoms with E-state index in [9.17, 15) is 9.18 Å². The van der Waals surface area contributed by atoms with Gasteiger partial charge >= 0.3 is 5.97 Å². The van der Waals surface area contributed by atoms with Crippen molar-refractivity contribution < 1.29 is 14.3 Å². The van der Waals surface area contributed by atoms with Crippen molar-refractivity contribution in [2.24, 2.45) is 0 Å². The fourth-order valence-electron chi connectivity index (χ4n) is 1.94. The molecule has 0 aliphatic rings. The minimum atomic E-state index is -1.23. The fourth-order valence-corrected chi connectivity index (χ4v) is 1.94. The number of carbonyl (C=O) groups is 1. The number of nitrogens with one attached hydrogen (secondary N) is 1. The third kappa shape index (κ3) is 6.23. The first-order valence-corrected chi connectivity index (χ1v) is 7.34. The molecule has 0 heterocycles. The van der Waals surface area contributed by atoms with Crippen molar-refractivity contribution in [3.05, 3.63) is 35.1 Å². The van der Waals surface area contributed by atoms with Gasteiger partial charge in [-0.3, -0.25) is 0 Å². The van der Waals surface area contributed by atoms with Crippen LogP contribution >= 0.6 is 0 Å². The van der Waals surface area contributed by atoms with Crippen LogP contribution in [0.3, 0.4) is 0 Å². The van der Waals surface area contributed by atoms with E-state index in [0.29, 0.717) is 12.6 Å². The molecule has 21 heavy (non-hydrogen) atoms. The van der Waals surface area contributed by atoms with Gasteiger partial charge in [0.05, 0.1) is 5.56 Å².